The molecule has 1 fully saturated rings. The molecule has 1 aromatic rings. The van der Waals surface area contributed by atoms with E-state index in [-0.39, 0.29) is 36.2 Å². The summed E-state index contributed by atoms with van der Waals surface area (Å²) in [6, 6.07) is 10.3. The number of halogens is 1. The molecule has 2 unspecified atom stereocenters. The topological polar surface area (TPSA) is 49.2 Å². The Morgan fingerprint density at radius 2 is 1.77 bits per heavy atom. The molecular formula is C20H31IN4O. The molecule has 0 aromatic heterocycles. The summed E-state index contributed by atoms with van der Waals surface area (Å²) < 4.78 is 5.89. The molecule has 0 spiro atoms. The Bertz CT molecular complexity index is 595. The largest absolute Gasteiger partial charge is 0.372 e. The molecule has 2 heterocycles. The average molecular weight is 470 g/mol. The zero-order chi connectivity index (χ0) is 17.5. The number of amidine groups is 1. The number of guanidine groups is 1. The number of hydrogen-bond acceptors (Lipinski definition) is 3. The van der Waals surface area contributed by atoms with Crippen LogP contribution < -0.4 is 5.32 Å². The van der Waals surface area contributed by atoms with E-state index in [1.54, 1.807) is 0 Å². The van der Waals surface area contributed by atoms with Crippen molar-refractivity contribution in [3.8, 4) is 0 Å². The predicted molar refractivity (Wildman–Crippen MR) is 120 cm³/mol. The number of benzene rings is 1. The van der Waals surface area contributed by atoms with E-state index in [0.29, 0.717) is 0 Å². The van der Waals surface area contributed by atoms with E-state index in [4.69, 9.17) is 14.7 Å². The number of anilines is 1. The van der Waals surface area contributed by atoms with E-state index in [2.05, 4.69) is 36.2 Å². The molecule has 0 saturated carbocycles. The number of aliphatic imine (C=N–C) groups is 2. The highest BCUT2D eigenvalue weighted by atomic mass is 127. The zero-order valence-corrected chi connectivity index (χ0v) is 18.2. The van der Waals surface area contributed by atoms with Gasteiger partial charge in [-0.2, -0.15) is 4.99 Å². The standard InChI is InChI=1S/C20H30N4O.HI/c1-16-14-24(15-17(2)25-16)20(22-18-10-6-5-7-11-18)23-19-12-8-3-4-9-13-21-19;/h5-7,10-11,16-17H,3-4,8-9,12-15H2,1-2H3,(H,21,22,23);1H. The number of ether oxygens (including phenoxy) is 1. The summed E-state index contributed by atoms with van der Waals surface area (Å²) in [7, 11) is 0. The van der Waals surface area contributed by atoms with Crippen LogP contribution in [0.4, 0.5) is 5.69 Å². The van der Waals surface area contributed by atoms with Gasteiger partial charge in [-0.05, 0) is 38.8 Å². The maximum Gasteiger partial charge on any atom is 0.205 e. The summed E-state index contributed by atoms with van der Waals surface area (Å²) in [6.45, 7) is 6.83. The molecule has 0 radical (unpaired) electrons. The van der Waals surface area contributed by atoms with E-state index in [1.165, 1.54) is 25.7 Å². The third kappa shape index (κ3) is 6.54. The normalized spacial score (nSPS) is 24.8. The molecule has 3 rings (SSSR count). The van der Waals surface area contributed by atoms with E-state index >= 15 is 0 Å². The molecule has 2 aliphatic heterocycles. The lowest BCUT2D eigenvalue weighted by Crippen LogP contribution is -2.50. The van der Waals surface area contributed by atoms with Crippen molar-refractivity contribution in [2.24, 2.45) is 9.98 Å². The Hall–Kier alpha value is -1.15. The van der Waals surface area contributed by atoms with Gasteiger partial charge in [0.1, 0.15) is 5.84 Å². The third-order valence-corrected chi connectivity index (χ3v) is 4.59. The fourth-order valence-corrected chi connectivity index (χ4v) is 3.43. The first-order chi connectivity index (χ1) is 12.2. The fraction of sp³-hybridized carbons (Fsp3) is 0.600. The van der Waals surface area contributed by atoms with Crippen molar-refractivity contribution in [3.05, 3.63) is 30.3 Å². The number of hydrogen-bond donors (Lipinski definition) is 1. The van der Waals surface area contributed by atoms with Crippen LogP contribution in [0.1, 0.15) is 46.0 Å². The van der Waals surface area contributed by atoms with Crippen LogP contribution in [0.15, 0.2) is 40.3 Å². The molecule has 1 saturated heterocycles. The van der Waals surface area contributed by atoms with Crippen LogP contribution in [0.3, 0.4) is 0 Å². The summed E-state index contributed by atoms with van der Waals surface area (Å²) in [5.41, 5.74) is 1.06. The molecule has 2 aliphatic rings. The Balaban J connectivity index is 0.00000243. The Morgan fingerprint density at radius 1 is 1.08 bits per heavy atom. The highest BCUT2D eigenvalue weighted by molar-refractivity contribution is 14.0. The molecule has 1 N–H and O–H groups in total. The van der Waals surface area contributed by atoms with Crippen LogP contribution >= 0.6 is 24.0 Å². The van der Waals surface area contributed by atoms with Gasteiger partial charge in [0, 0.05) is 31.7 Å². The van der Waals surface area contributed by atoms with Crippen molar-refractivity contribution in [2.75, 3.05) is 25.0 Å². The van der Waals surface area contributed by atoms with E-state index in [0.717, 1.165) is 43.5 Å². The SMILES string of the molecule is CC1CN(C(=NC2=NCCCCCC2)Nc2ccccc2)CC(C)O1.I. The van der Waals surface area contributed by atoms with Gasteiger partial charge in [0.05, 0.1) is 12.2 Å². The van der Waals surface area contributed by atoms with Crippen molar-refractivity contribution < 1.29 is 4.74 Å². The number of morpholine rings is 1. The maximum absolute atomic E-state index is 5.89. The van der Waals surface area contributed by atoms with Crippen LogP contribution in [0, 0.1) is 0 Å². The second-order valence-electron chi connectivity index (χ2n) is 7.05. The minimum Gasteiger partial charge on any atom is -0.372 e. The average Bonchev–Trinajstić information content (AvgIpc) is 2.56. The van der Waals surface area contributed by atoms with Crippen molar-refractivity contribution in [1.82, 2.24) is 4.90 Å². The summed E-state index contributed by atoms with van der Waals surface area (Å²) in [6.07, 6.45) is 6.28. The van der Waals surface area contributed by atoms with Crippen LogP contribution in [-0.4, -0.2) is 48.5 Å². The lowest BCUT2D eigenvalue weighted by atomic mass is 10.1. The van der Waals surface area contributed by atoms with Crippen molar-refractivity contribution in [1.29, 1.82) is 0 Å². The lowest BCUT2D eigenvalue weighted by molar-refractivity contribution is -0.0480. The van der Waals surface area contributed by atoms with Gasteiger partial charge >= 0.3 is 0 Å². The van der Waals surface area contributed by atoms with Crippen LogP contribution in [-0.2, 0) is 4.74 Å². The minimum absolute atomic E-state index is 0. The maximum atomic E-state index is 5.89. The summed E-state index contributed by atoms with van der Waals surface area (Å²) in [5, 5.41) is 3.51. The van der Waals surface area contributed by atoms with Crippen molar-refractivity contribution in [3.63, 3.8) is 0 Å². The number of para-hydroxylation sites is 1. The van der Waals surface area contributed by atoms with Gasteiger partial charge in [-0.3, -0.25) is 4.99 Å². The predicted octanol–water partition coefficient (Wildman–Crippen LogP) is 4.54. The first-order valence-corrected chi connectivity index (χ1v) is 9.55. The molecule has 1 aromatic carbocycles. The molecule has 144 valence electrons. The fourth-order valence-electron chi connectivity index (χ4n) is 3.43. The van der Waals surface area contributed by atoms with Gasteiger partial charge in [-0.25, -0.2) is 0 Å². The van der Waals surface area contributed by atoms with E-state index in [1.807, 2.05) is 18.2 Å². The molecule has 2 atom stereocenters. The van der Waals surface area contributed by atoms with Gasteiger partial charge < -0.3 is 15.0 Å². The molecule has 0 aliphatic carbocycles. The van der Waals surface area contributed by atoms with Gasteiger partial charge in [-0.15, -0.1) is 24.0 Å². The second kappa shape index (κ2) is 10.9. The molecule has 0 amide bonds. The van der Waals surface area contributed by atoms with Gasteiger partial charge in [0.2, 0.25) is 5.96 Å². The first-order valence-electron chi connectivity index (χ1n) is 9.55. The van der Waals surface area contributed by atoms with Gasteiger partial charge in [0.15, 0.2) is 0 Å². The first kappa shape index (κ1) is 21.2. The van der Waals surface area contributed by atoms with Gasteiger partial charge in [0.25, 0.3) is 0 Å². The monoisotopic (exact) mass is 470 g/mol. The molecule has 6 heteroatoms. The minimum atomic E-state index is 0. The van der Waals surface area contributed by atoms with Crippen molar-refractivity contribution in [2.45, 2.75) is 58.2 Å². The van der Waals surface area contributed by atoms with Crippen LogP contribution in [0.2, 0.25) is 0 Å². The van der Waals surface area contributed by atoms with E-state index in [9.17, 15) is 0 Å². The molecular weight excluding hydrogens is 439 g/mol. The smallest absolute Gasteiger partial charge is 0.205 e. The summed E-state index contributed by atoms with van der Waals surface area (Å²) >= 11 is 0. The number of nitrogens with one attached hydrogen (secondary N) is 1. The second-order valence-corrected chi connectivity index (χ2v) is 7.05. The Kier molecular flexibility index (Phi) is 8.84. The highest BCUT2D eigenvalue weighted by Gasteiger charge is 2.25. The van der Waals surface area contributed by atoms with Crippen LogP contribution in [0.5, 0.6) is 0 Å². The van der Waals surface area contributed by atoms with Crippen LogP contribution in [0.25, 0.3) is 0 Å². The zero-order valence-electron chi connectivity index (χ0n) is 15.9. The number of nitrogens with zero attached hydrogens (tertiary/aromatic N) is 3. The number of rotatable bonds is 1. The highest BCUT2D eigenvalue weighted by Crippen LogP contribution is 2.15. The quantitative estimate of drug-likeness (QED) is 0.373. The lowest BCUT2D eigenvalue weighted by Gasteiger charge is -2.37. The summed E-state index contributed by atoms with van der Waals surface area (Å²) in [4.78, 5) is 12.0. The molecule has 0 bridgehead atoms. The Morgan fingerprint density at radius 3 is 2.50 bits per heavy atom. The summed E-state index contributed by atoms with van der Waals surface area (Å²) in [5.74, 6) is 1.87. The third-order valence-electron chi connectivity index (χ3n) is 4.59. The Labute approximate surface area is 174 Å². The van der Waals surface area contributed by atoms with E-state index < -0.39 is 0 Å². The van der Waals surface area contributed by atoms with Crippen molar-refractivity contribution >= 4 is 41.5 Å². The molecule has 26 heavy (non-hydrogen) atoms. The van der Waals surface area contributed by atoms with Gasteiger partial charge in [-0.1, -0.05) is 31.0 Å². The molecule has 5 nitrogen and oxygen atoms in total.